The van der Waals surface area contributed by atoms with Gasteiger partial charge in [0.05, 0.1) is 20.8 Å². The van der Waals surface area contributed by atoms with Gasteiger partial charge in [0, 0.05) is 20.0 Å². The maximum Gasteiger partial charge on any atom is 0.239 e. The van der Waals surface area contributed by atoms with E-state index in [9.17, 15) is 9.59 Å². The summed E-state index contributed by atoms with van der Waals surface area (Å²) in [5.41, 5.74) is 2.09. The molecule has 0 aliphatic heterocycles. The number of nitrogens with zero attached hydrogens (tertiary/aromatic N) is 1. The summed E-state index contributed by atoms with van der Waals surface area (Å²) in [5.74, 6) is 1.29. The second-order valence-corrected chi connectivity index (χ2v) is 6.45. The van der Waals surface area contributed by atoms with E-state index in [0.29, 0.717) is 25.9 Å². The number of methoxy groups -OCH3 is 2. The van der Waals surface area contributed by atoms with Gasteiger partial charge in [0.15, 0.2) is 0 Å². The highest BCUT2D eigenvalue weighted by atomic mass is 16.5. The van der Waals surface area contributed by atoms with Crippen LogP contribution < -0.4 is 14.8 Å². The fourth-order valence-electron chi connectivity index (χ4n) is 2.92. The van der Waals surface area contributed by atoms with Crippen LogP contribution in [0.3, 0.4) is 0 Å². The average molecular weight is 384 g/mol. The van der Waals surface area contributed by atoms with E-state index in [1.165, 1.54) is 6.92 Å². The minimum Gasteiger partial charge on any atom is -0.497 e. The van der Waals surface area contributed by atoms with Gasteiger partial charge in [-0.05, 0) is 42.2 Å². The molecule has 0 bridgehead atoms. The first-order valence-corrected chi connectivity index (χ1v) is 9.30. The standard InChI is InChI=1S/C22H28N2O4/c1-17(25)24(14-12-18-7-6-9-20(15-18)27-2)16-22(26)23-13-11-19-8-4-5-10-21(19)28-3/h4-10,15H,11-14,16H2,1-3H3,(H,23,26). The van der Waals surface area contributed by atoms with E-state index < -0.39 is 0 Å². The lowest BCUT2D eigenvalue weighted by Gasteiger charge is -2.20. The largest absolute Gasteiger partial charge is 0.497 e. The normalized spacial score (nSPS) is 10.2. The highest BCUT2D eigenvalue weighted by Crippen LogP contribution is 2.17. The highest BCUT2D eigenvalue weighted by Gasteiger charge is 2.14. The lowest BCUT2D eigenvalue weighted by Crippen LogP contribution is -2.41. The minimum atomic E-state index is -0.171. The third-order valence-corrected chi connectivity index (χ3v) is 4.49. The minimum absolute atomic E-state index is 0.0469. The Hall–Kier alpha value is -3.02. The van der Waals surface area contributed by atoms with Crippen molar-refractivity contribution in [1.29, 1.82) is 0 Å². The van der Waals surface area contributed by atoms with Crippen molar-refractivity contribution in [2.75, 3.05) is 33.9 Å². The summed E-state index contributed by atoms with van der Waals surface area (Å²) in [7, 11) is 3.25. The molecule has 0 aliphatic rings. The first-order chi connectivity index (χ1) is 13.5. The number of para-hydroxylation sites is 1. The molecule has 0 radical (unpaired) electrons. The van der Waals surface area contributed by atoms with Crippen molar-refractivity contribution >= 4 is 11.8 Å². The van der Waals surface area contributed by atoms with Gasteiger partial charge in [-0.15, -0.1) is 0 Å². The number of ether oxygens (including phenoxy) is 2. The van der Waals surface area contributed by atoms with Gasteiger partial charge in [-0.3, -0.25) is 9.59 Å². The summed E-state index contributed by atoms with van der Waals surface area (Å²) in [6, 6.07) is 15.4. The highest BCUT2D eigenvalue weighted by molar-refractivity contribution is 5.83. The van der Waals surface area contributed by atoms with Crippen molar-refractivity contribution in [3.8, 4) is 11.5 Å². The number of rotatable bonds is 10. The zero-order valence-electron chi connectivity index (χ0n) is 16.7. The number of carbonyl (C=O) groups is 2. The molecule has 2 amide bonds. The van der Waals surface area contributed by atoms with E-state index in [1.54, 1.807) is 19.1 Å². The molecule has 0 aliphatic carbocycles. The zero-order valence-corrected chi connectivity index (χ0v) is 16.7. The van der Waals surface area contributed by atoms with E-state index >= 15 is 0 Å². The second-order valence-electron chi connectivity index (χ2n) is 6.45. The molecule has 2 aromatic rings. The molecule has 6 heteroatoms. The Bertz CT molecular complexity index is 792. The number of hydrogen-bond acceptors (Lipinski definition) is 4. The molecular weight excluding hydrogens is 356 g/mol. The second kappa shape index (κ2) is 11.0. The van der Waals surface area contributed by atoms with Gasteiger partial charge in [0.25, 0.3) is 0 Å². The maximum absolute atomic E-state index is 12.3. The van der Waals surface area contributed by atoms with E-state index in [0.717, 1.165) is 22.6 Å². The Morgan fingerprint density at radius 1 is 1.00 bits per heavy atom. The summed E-state index contributed by atoms with van der Waals surface area (Å²) >= 11 is 0. The number of amides is 2. The lowest BCUT2D eigenvalue weighted by atomic mass is 10.1. The molecule has 0 unspecified atom stereocenters. The number of benzene rings is 2. The maximum atomic E-state index is 12.3. The van der Waals surface area contributed by atoms with E-state index in [1.807, 2.05) is 48.5 Å². The van der Waals surface area contributed by atoms with Crippen LogP contribution in [0.25, 0.3) is 0 Å². The van der Waals surface area contributed by atoms with Gasteiger partial charge in [-0.25, -0.2) is 0 Å². The fraction of sp³-hybridized carbons (Fsp3) is 0.364. The quantitative estimate of drug-likeness (QED) is 0.683. The monoisotopic (exact) mass is 384 g/mol. The number of hydrogen-bond donors (Lipinski definition) is 1. The first-order valence-electron chi connectivity index (χ1n) is 9.30. The van der Waals surface area contributed by atoms with Crippen molar-refractivity contribution < 1.29 is 19.1 Å². The topological polar surface area (TPSA) is 67.9 Å². The molecule has 0 saturated heterocycles. The predicted octanol–water partition coefficient (Wildman–Crippen LogP) is 2.45. The third kappa shape index (κ3) is 6.61. The Kier molecular flexibility index (Phi) is 8.34. The van der Waals surface area contributed by atoms with Crippen molar-refractivity contribution in [3.05, 3.63) is 59.7 Å². The Morgan fingerprint density at radius 3 is 2.50 bits per heavy atom. The summed E-state index contributed by atoms with van der Waals surface area (Å²) < 4.78 is 10.5. The van der Waals surface area contributed by atoms with Crippen LogP contribution >= 0.6 is 0 Å². The van der Waals surface area contributed by atoms with E-state index in [4.69, 9.17) is 9.47 Å². The van der Waals surface area contributed by atoms with Crippen molar-refractivity contribution in [2.45, 2.75) is 19.8 Å². The van der Waals surface area contributed by atoms with E-state index in [-0.39, 0.29) is 18.4 Å². The smallest absolute Gasteiger partial charge is 0.239 e. The summed E-state index contributed by atoms with van der Waals surface area (Å²) in [6.45, 7) is 2.49. The van der Waals surface area contributed by atoms with Crippen LogP contribution in [0.5, 0.6) is 11.5 Å². The molecule has 0 heterocycles. The number of nitrogens with one attached hydrogen (secondary N) is 1. The van der Waals surface area contributed by atoms with Crippen molar-refractivity contribution in [2.24, 2.45) is 0 Å². The molecule has 0 aromatic heterocycles. The molecule has 0 spiro atoms. The molecule has 6 nitrogen and oxygen atoms in total. The average Bonchev–Trinajstić information content (AvgIpc) is 2.71. The van der Waals surface area contributed by atoms with Crippen molar-refractivity contribution in [3.63, 3.8) is 0 Å². The first kappa shape index (κ1) is 21.3. The SMILES string of the molecule is COc1cccc(CCN(CC(=O)NCCc2ccccc2OC)C(C)=O)c1. The van der Waals surface area contributed by atoms with Gasteiger partial charge >= 0.3 is 0 Å². The molecule has 2 rings (SSSR count). The Balaban J connectivity index is 1.82. The summed E-state index contributed by atoms with van der Waals surface area (Å²) in [4.78, 5) is 25.7. The van der Waals surface area contributed by atoms with Crippen LogP contribution in [0.1, 0.15) is 18.1 Å². The Morgan fingerprint density at radius 2 is 1.79 bits per heavy atom. The fourth-order valence-corrected chi connectivity index (χ4v) is 2.92. The van der Waals surface area contributed by atoms with Crippen LogP contribution in [0, 0.1) is 0 Å². The van der Waals surface area contributed by atoms with Crippen LogP contribution in [0.15, 0.2) is 48.5 Å². The number of carbonyl (C=O) groups excluding carboxylic acids is 2. The van der Waals surface area contributed by atoms with Gasteiger partial charge in [0.1, 0.15) is 11.5 Å². The van der Waals surface area contributed by atoms with Gasteiger partial charge in [-0.1, -0.05) is 30.3 Å². The molecular formula is C22H28N2O4. The van der Waals surface area contributed by atoms with Gasteiger partial charge < -0.3 is 19.7 Å². The van der Waals surface area contributed by atoms with Crippen LogP contribution in [0.2, 0.25) is 0 Å². The summed E-state index contributed by atoms with van der Waals surface area (Å²) in [5, 5.41) is 2.88. The third-order valence-electron chi connectivity index (χ3n) is 4.49. The molecule has 0 saturated carbocycles. The van der Waals surface area contributed by atoms with Crippen molar-refractivity contribution in [1.82, 2.24) is 10.2 Å². The zero-order chi connectivity index (χ0) is 20.4. The molecule has 28 heavy (non-hydrogen) atoms. The van der Waals surface area contributed by atoms with Crippen LogP contribution in [0.4, 0.5) is 0 Å². The van der Waals surface area contributed by atoms with Gasteiger partial charge in [0.2, 0.25) is 11.8 Å². The molecule has 0 fully saturated rings. The predicted molar refractivity (Wildman–Crippen MR) is 109 cm³/mol. The lowest BCUT2D eigenvalue weighted by molar-refractivity contribution is -0.134. The molecule has 150 valence electrons. The van der Waals surface area contributed by atoms with Crippen LogP contribution in [-0.2, 0) is 22.4 Å². The summed E-state index contributed by atoms with van der Waals surface area (Å²) in [6.07, 6.45) is 1.32. The molecule has 2 aromatic carbocycles. The molecule has 0 atom stereocenters. The Labute approximate surface area is 166 Å². The van der Waals surface area contributed by atoms with Gasteiger partial charge in [-0.2, -0.15) is 0 Å². The van der Waals surface area contributed by atoms with E-state index in [2.05, 4.69) is 5.32 Å². The molecule has 1 N–H and O–H groups in total. The van der Waals surface area contributed by atoms with Crippen LogP contribution in [-0.4, -0.2) is 50.6 Å².